The maximum absolute atomic E-state index is 13.8. The van der Waals surface area contributed by atoms with E-state index in [0.29, 0.717) is 17.7 Å². The highest BCUT2D eigenvalue weighted by atomic mass is 19.1. The number of nitrogen functional groups attached to an aromatic ring is 1. The number of hydrogen-bond acceptors (Lipinski definition) is 4. The van der Waals surface area contributed by atoms with Crippen molar-refractivity contribution in [2.45, 2.75) is 12.8 Å². The summed E-state index contributed by atoms with van der Waals surface area (Å²) >= 11 is 0. The monoisotopic (exact) mass is 350 g/mol. The zero-order valence-electron chi connectivity index (χ0n) is 14.2. The first-order valence-corrected chi connectivity index (χ1v) is 8.33. The first kappa shape index (κ1) is 17.5. The van der Waals surface area contributed by atoms with Gasteiger partial charge in [0, 0.05) is 24.5 Å². The number of carbonyl (C=O) groups is 1. The molecular formula is C20H19FN4O. The number of aryl methyl sites for hydroxylation is 1. The number of carbonyl (C=O) groups excluding carboxylic acids is 1. The summed E-state index contributed by atoms with van der Waals surface area (Å²) in [6, 6.07) is 14.5. The minimum Gasteiger partial charge on any atom is -0.368 e. The number of anilines is 1. The average Bonchev–Trinajstić information content (AvgIpc) is 2.67. The van der Waals surface area contributed by atoms with Gasteiger partial charge in [-0.25, -0.2) is 14.4 Å². The highest BCUT2D eigenvalue weighted by molar-refractivity contribution is 5.93. The van der Waals surface area contributed by atoms with Gasteiger partial charge in [0.1, 0.15) is 5.82 Å². The van der Waals surface area contributed by atoms with Gasteiger partial charge in [-0.05, 0) is 30.0 Å². The van der Waals surface area contributed by atoms with Crippen LogP contribution in [0.2, 0.25) is 0 Å². The molecule has 5 nitrogen and oxygen atoms in total. The van der Waals surface area contributed by atoms with Crippen molar-refractivity contribution in [2.24, 2.45) is 0 Å². The predicted octanol–water partition coefficient (Wildman–Crippen LogP) is 3.23. The van der Waals surface area contributed by atoms with E-state index < -0.39 is 0 Å². The second-order valence-electron chi connectivity index (χ2n) is 5.87. The van der Waals surface area contributed by atoms with Gasteiger partial charge < -0.3 is 11.1 Å². The third kappa shape index (κ3) is 4.42. The minimum atomic E-state index is -0.227. The number of hydrogen-bond donors (Lipinski definition) is 2. The van der Waals surface area contributed by atoms with Crippen molar-refractivity contribution in [3.63, 3.8) is 0 Å². The summed E-state index contributed by atoms with van der Waals surface area (Å²) in [5, 5.41) is 2.82. The third-order valence-corrected chi connectivity index (χ3v) is 4.00. The summed E-state index contributed by atoms with van der Waals surface area (Å²) in [6.45, 7) is 0.540. The van der Waals surface area contributed by atoms with Crippen LogP contribution in [0.15, 0.2) is 60.9 Å². The molecule has 3 aromatic rings. The van der Waals surface area contributed by atoms with Crippen molar-refractivity contribution in [3.8, 4) is 11.1 Å². The van der Waals surface area contributed by atoms with Crippen LogP contribution in [-0.2, 0) is 6.42 Å². The van der Waals surface area contributed by atoms with Crippen molar-refractivity contribution in [1.29, 1.82) is 0 Å². The molecule has 0 aliphatic heterocycles. The van der Waals surface area contributed by atoms with Gasteiger partial charge in [0.25, 0.3) is 5.91 Å². The Labute approximate surface area is 151 Å². The molecule has 0 bridgehead atoms. The number of nitrogens with two attached hydrogens (primary N) is 1. The van der Waals surface area contributed by atoms with Gasteiger partial charge >= 0.3 is 0 Å². The molecule has 0 aliphatic rings. The Kier molecular flexibility index (Phi) is 5.53. The minimum absolute atomic E-state index is 0.139. The first-order chi connectivity index (χ1) is 12.6. The van der Waals surface area contributed by atoms with E-state index in [1.165, 1.54) is 18.5 Å². The van der Waals surface area contributed by atoms with Gasteiger partial charge in [-0.1, -0.05) is 42.5 Å². The van der Waals surface area contributed by atoms with Crippen LogP contribution in [0.1, 0.15) is 22.3 Å². The van der Waals surface area contributed by atoms with Crippen LogP contribution >= 0.6 is 0 Å². The lowest BCUT2D eigenvalue weighted by molar-refractivity contribution is 0.0952. The number of nitrogens with one attached hydrogen (secondary N) is 1. The fraction of sp³-hybridized carbons (Fsp3) is 0.150. The van der Waals surface area contributed by atoms with Crippen LogP contribution in [0.25, 0.3) is 11.1 Å². The van der Waals surface area contributed by atoms with E-state index in [9.17, 15) is 9.18 Å². The Bertz CT molecular complexity index is 879. The summed E-state index contributed by atoms with van der Waals surface area (Å²) in [4.78, 5) is 19.5. The van der Waals surface area contributed by atoms with Crippen molar-refractivity contribution in [1.82, 2.24) is 15.3 Å². The van der Waals surface area contributed by atoms with E-state index in [1.807, 2.05) is 30.3 Å². The number of benzene rings is 2. The topological polar surface area (TPSA) is 80.9 Å². The molecule has 1 amide bonds. The number of nitrogens with zero attached hydrogens (tertiary/aromatic N) is 2. The molecule has 3 rings (SSSR count). The van der Waals surface area contributed by atoms with Gasteiger partial charge in [0.2, 0.25) is 5.95 Å². The van der Waals surface area contributed by atoms with Crippen molar-refractivity contribution in [3.05, 3.63) is 77.9 Å². The van der Waals surface area contributed by atoms with Gasteiger partial charge in [0.05, 0.1) is 5.56 Å². The van der Waals surface area contributed by atoms with Crippen molar-refractivity contribution in [2.75, 3.05) is 12.3 Å². The summed E-state index contributed by atoms with van der Waals surface area (Å²) in [7, 11) is 0. The van der Waals surface area contributed by atoms with Crippen LogP contribution in [0.3, 0.4) is 0 Å². The molecule has 132 valence electrons. The van der Waals surface area contributed by atoms with Crippen LogP contribution in [0.4, 0.5) is 10.3 Å². The SMILES string of the molecule is Nc1ncc(C(=O)NCCCc2ccc(-c3ccccc3F)cc2)cn1. The lowest BCUT2D eigenvalue weighted by Gasteiger charge is -2.07. The van der Waals surface area contributed by atoms with E-state index in [2.05, 4.69) is 15.3 Å². The van der Waals surface area contributed by atoms with E-state index in [0.717, 1.165) is 24.0 Å². The van der Waals surface area contributed by atoms with Crippen molar-refractivity contribution >= 4 is 11.9 Å². The molecule has 0 fully saturated rings. The molecule has 0 aliphatic carbocycles. The van der Waals surface area contributed by atoms with E-state index in [1.54, 1.807) is 12.1 Å². The zero-order chi connectivity index (χ0) is 18.4. The molecule has 0 spiro atoms. The molecule has 26 heavy (non-hydrogen) atoms. The maximum atomic E-state index is 13.8. The molecule has 0 saturated carbocycles. The fourth-order valence-corrected chi connectivity index (χ4v) is 2.60. The standard InChI is InChI=1S/C20H19FN4O/c21-18-6-2-1-5-17(18)15-9-7-14(8-10-15)4-3-11-23-19(26)16-12-24-20(22)25-13-16/h1-2,5-10,12-13H,3-4,11H2,(H,23,26)(H2,22,24,25). The Hall–Kier alpha value is -3.28. The van der Waals surface area contributed by atoms with Gasteiger partial charge in [-0.3, -0.25) is 4.79 Å². The molecule has 1 aromatic heterocycles. The van der Waals surface area contributed by atoms with Gasteiger partial charge in [-0.15, -0.1) is 0 Å². The molecule has 6 heteroatoms. The first-order valence-electron chi connectivity index (χ1n) is 8.33. The van der Waals surface area contributed by atoms with E-state index >= 15 is 0 Å². The summed E-state index contributed by atoms with van der Waals surface area (Å²) < 4.78 is 13.8. The van der Waals surface area contributed by atoms with Crippen LogP contribution in [0.5, 0.6) is 0 Å². The maximum Gasteiger partial charge on any atom is 0.254 e. The average molecular weight is 350 g/mol. The van der Waals surface area contributed by atoms with Gasteiger partial charge in [0.15, 0.2) is 0 Å². The number of halogens is 1. The molecule has 1 heterocycles. The Morgan fingerprint density at radius 3 is 2.42 bits per heavy atom. The normalized spacial score (nSPS) is 10.5. The highest BCUT2D eigenvalue weighted by Crippen LogP contribution is 2.22. The quantitative estimate of drug-likeness (QED) is 0.669. The lowest BCUT2D eigenvalue weighted by atomic mass is 10.0. The molecule has 2 aromatic carbocycles. The van der Waals surface area contributed by atoms with Crippen LogP contribution < -0.4 is 11.1 Å². The largest absolute Gasteiger partial charge is 0.368 e. The fourth-order valence-electron chi connectivity index (χ4n) is 2.60. The second-order valence-corrected chi connectivity index (χ2v) is 5.87. The highest BCUT2D eigenvalue weighted by Gasteiger charge is 2.06. The summed E-state index contributed by atoms with van der Waals surface area (Å²) in [6.07, 6.45) is 4.41. The Morgan fingerprint density at radius 2 is 1.73 bits per heavy atom. The molecule has 3 N–H and O–H groups in total. The molecule has 0 saturated heterocycles. The number of aromatic nitrogens is 2. The zero-order valence-corrected chi connectivity index (χ0v) is 14.2. The van der Waals surface area contributed by atoms with Gasteiger partial charge in [-0.2, -0.15) is 0 Å². The molecule has 0 unspecified atom stereocenters. The second kappa shape index (κ2) is 8.20. The van der Waals surface area contributed by atoms with Crippen molar-refractivity contribution < 1.29 is 9.18 Å². The Morgan fingerprint density at radius 1 is 1.04 bits per heavy atom. The Balaban J connectivity index is 1.49. The molecular weight excluding hydrogens is 331 g/mol. The molecule has 0 atom stereocenters. The number of amides is 1. The number of rotatable bonds is 6. The smallest absolute Gasteiger partial charge is 0.254 e. The van der Waals surface area contributed by atoms with E-state index in [4.69, 9.17) is 5.73 Å². The summed E-state index contributed by atoms with van der Waals surface area (Å²) in [5.74, 6) is -0.310. The lowest BCUT2D eigenvalue weighted by Crippen LogP contribution is -2.25. The van der Waals surface area contributed by atoms with E-state index in [-0.39, 0.29) is 17.7 Å². The predicted molar refractivity (Wildman–Crippen MR) is 98.9 cm³/mol. The molecule has 0 radical (unpaired) electrons. The summed E-state index contributed by atoms with van der Waals surface area (Å²) in [5.41, 5.74) is 8.36. The van der Waals surface area contributed by atoms with Crippen LogP contribution in [-0.4, -0.2) is 22.4 Å². The van der Waals surface area contributed by atoms with Crippen LogP contribution in [0, 0.1) is 5.82 Å². The third-order valence-electron chi connectivity index (χ3n) is 4.00.